The minimum Gasteiger partial charge on any atom is -0.505 e. The van der Waals surface area contributed by atoms with E-state index in [1.54, 1.807) is 0 Å². The van der Waals surface area contributed by atoms with E-state index < -0.39 is 23.6 Å². The van der Waals surface area contributed by atoms with Gasteiger partial charge in [0.25, 0.3) is 5.56 Å². The molecular formula is C20H19N3O5S. The smallest absolute Gasteiger partial charge is 0.320 e. The van der Waals surface area contributed by atoms with Crippen molar-refractivity contribution in [2.24, 2.45) is 7.05 Å². The fourth-order valence-electron chi connectivity index (χ4n) is 2.76. The first-order valence-electron chi connectivity index (χ1n) is 8.67. The molecule has 4 N–H and O–H groups in total. The normalized spacial score (nSPS) is 11.6. The van der Waals surface area contributed by atoms with Crippen molar-refractivity contribution in [2.45, 2.75) is 12.5 Å². The third-order valence-corrected chi connectivity index (χ3v) is 5.29. The van der Waals surface area contributed by atoms with Crippen LogP contribution in [0.25, 0.3) is 11.1 Å². The van der Waals surface area contributed by atoms with E-state index in [2.05, 4.69) is 10.6 Å². The molecule has 8 nitrogen and oxygen atoms in total. The van der Waals surface area contributed by atoms with Crippen LogP contribution in [0.1, 0.15) is 17.3 Å². The number of amides is 2. The molecule has 1 aromatic carbocycles. The van der Waals surface area contributed by atoms with Gasteiger partial charge >= 0.3 is 12.0 Å². The minimum atomic E-state index is -1.08. The number of benzene rings is 1. The number of aliphatic carboxylic acids is 1. The summed E-state index contributed by atoms with van der Waals surface area (Å²) in [5.41, 5.74) is 1.03. The Bertz CT molecular complexity index is 1090. The largest absolute Gasteiger partial charge is 0.505 e. The molecule has 0 saturated carbocycles. The molecule has 0 fully saturated rings. The number of carbonyl (C=O) groups excluding carboxylic acids is 1. The number of rotatable bonds is 6. The molecule has 0 aliphatic rings. The molecule has 2 heterocycles. The van der Waals surface area contributed by atoms with Crippen LogP contribution in [0.4, 0.5) is 10.5 Å². The van der Waals surface area contributed by atoms with Gasteiger partial charge in [-0.15, -0.1) is 11.3 Å². The van der Waals surface area contributed by atoms with Crippen LogP contribution in [-0.2, 0) is 11.8 Å². The molecule has 1 unspecified atom stereocenters. The Kier molecular flexibility index (Phi) is 5.99. The van der Waals surface area contributed by atoms with Crippen molar-refractivity contribution in [1.82, 2.24) is 9.88 Å². The van der Waals surface area contributed by atoms with E-state index in [0.29, 0.717) is 4.88 Å². The van der Waals surface area contributed by atoms with Gasteiger partial charge < -0.3 is 25.4 Å². The van der Waals surface area contributed by atoms with Crippen molar-refractivity contribution in [1.29, 1.82) is 0 Å². The molecule has 3 aromatic rings. The quantitative estimate of drug-likeness (QED) is 0.495. The maximum Gasteiger partial charge on any atom is 0.320 e. The summed E-state index contributed by atoms with van der Waals surface area (Å²) in [6.45, 7) is 0. The van der Waals surface area contributed by atoms with Gasteiger partial charge in [-0.3, -0.25) is 9.59 Å². The Morgan fingerprint density at radius 1 is 1.17 bits per heavy atom. The first-order chi connectivity index (χ1) is 13.8. The minimum absolute atomic E-state index is 0.280. The summed E-state index contributed by atoms with van der Waals surface area (Å²) in [5, 5.41) is 25.8. The van der Waals surface area contributed by atoms with Crippen LogP contribution in [0.5, 0.6) is 5.75 Å². The second-order valence-electron chi connectivity index (χ2n) is 6.34. The van der Waals surface area contributed by atoms with Crippen LogP contribution >= 0.6 is 11.3 Å². The second kappa shape index (κ2) is 8.61. The molecule has 0 aliphatic carbocycles. The SMILES string of the molecule is Cn1ccc(O)c(NC(=O)NC(CC(=O)O)c2cc(-c3ccccc3)cs2)c1=O. The van der Waals surface area contributed by atoms with E-state index in [0.717, 1.165) is 11.1 Å². The number of pyridine rings is 1. The predicted molar refractivity (Wildman–Crippen MR) is 110 cm³/mol. The van der Waals surface area contributed by atoms with E-state index in [-0.39, 0.29) is 17.9 Å². The number of carboxylic acids is 1. The molecular weight excluding hydrogens is 394 g/mol. The fourth-order valence-corrected chi connectivity index (χ4v) is 3.73. The van der Waals surface area contributed by atoms with Gasteiger partial charge in [0.1, 0.15) is 5.75 Å². The van der Waals surface area contributed by atoms with Gasteiger partial charge in [0, 0.05) is 18.1 Å². The zero-order chi connectivity index (χ0) is 21.0. The molecule has 150 valence electrons. The summed E-state index contributed by atoms with van der Waals surface area (Å²) in [6.07, 6.45) is 1.03. The van der Waals surface area contributed by atoms with Crippen LogP contribution in [0.3, 0.4) is 0 Å². The predicted octanol–water partition coefficient (Wildman–Crippen LogP) is 3.16. The molecule has 3 rings (SSSR count). The van der Waals surface area contributed by atoms with Crippen molar-refractivity contribution in [3.63, 3.8) is 0 Å². The summed E-state index contributed by atoms with van der Waals surface area (Å²) in [6, 6.07) is 11.1. The second-order valence-corrected chi connectivity index (χ2v) is 7.29. The topological polar surface area (TPSA) is 121 Å². The molecule has 0 radical (unpaired) electrons. The lowest BCUT2D eigenvalue weighted by Gasteiger charge is -2.16. The number of urea groups is 1. The van der Waals surface area contributed by atoms with Gasteiger partial charge in [0.05, 0.1) is 12.5 Å². The lowest BCUT2D eigenvalue weighted by atomic mass is 10.1. The zero-order valence-electron chi connectivity index (χ0n) is 15.5. The Morgan fingerprint density at radius 2 is 1.90 bits per heavy atom. The number of carboxylic acid groups (broad SMARTS) is 1. The Hall–Kier alpha value is -3.59. The average Bonchev–Trinajstić information content (AvgIpc) is 3.18. The highest BCUT2D eigenvalue weighted by Crippen LogP contribution is 2.31. The number of aryl methyl sites for hydroxylation is 1. The van der Waals surface area contributed by atoms with Crippen LogP contribution in [-0.4, -0.2) is 26.8 Å². The molecule has 2 aromatic heterocycles. The van der Waals surface area contributed by atoms with Gasteiger partial charge in [-0.25, -0.2) is 4.79 Å². The van der Waals surface area contributed by atoms with E-state index in [1.807, 2.05) is 41.8 Å². The summed E-state index contributed by atoms with van der Waals surface area (Å²) in [4.78, 5) is 36.4. The van der Waals surface area contributed by atoms with Crippen LogP contribution in [0, 0.1) is 0 Å². The van der Waals surface area contributed by atoms with Gasteiger partial charge in [-0.1, -0.05) is 30.3 Å². The van der Waals surface area contributed by atoms with Gasteiger partial charge in [0.2, 0.25) is 0 Å². The first-order valence-corrected chi connectivity index (χ1v) is 9.55. The number of anilines is 1. The average molecular weight is 413 g/mol. The summed E-state index contributed by atoms with van der Waals surface area (Å²) in [5.74, 6) is -1.45. The lowest BCUT2D eigenvalue weighted by Crippen LogP contribution is -2.35. The number of hydrogen-bond donors (Lipinski definition) is 4. The third-order valence-electron chi connectivity index (χ3n) is 4.24. The van der Waals surface area contributed by atoms with Crippen molar-refractivity contribution in [3.8, 4) is 16.9 Å². The van der Waals surface area contributed by atoms with E-state index in [9.17, 15) is 24.6 Å². The molecule has 0 aliphatic heterocycles. The number of hydrogen-bond acceptors (Lipinski definition) is 5. The molecule has 29 heavy (non-hydrogen) atoms. The van der Waals surface area contributed by atoms with Crippen LogP contribution < -0.4 is 16.2 Å². The number of aromatic hydroxyl groups is 1. The molecule has 1 atom stereocenters. The number of nitrogens with one attached hydrogen (secondary N) is 2. The number of thiophene rings is 1. The van der Waals surface area contributed by atoms with Crippen molar-refractivity contribution in [3.05, 3.63) is 69.3 Å². The van der Waals surface area contributed by atoms with Crippen LogP contribution in [0.2, 0.25) is 0 Å². The number of aromatic nitrogens is 1. The molecule has 0 spiro atoms. The van der Waals surface area contributed by atoms with Crippen molar-refractivity contribution in [2.75, 3.05) is 5.32 Å². The summed E-state index contributed by atoms with van der Waals surface area (Å²) < 4.78 is 1.20. The number of nitrogens with zero attached hydrogens (tertiary/aromatic N) is 1. The van der Waals surface area contributed by atoms with Crippen LogP contribution in [0.15, 0.2) is 58.8 Å². The number of carbonyl (C=O) groups is 2. The van der Waals surface area contributed by atoms with E-state index in [4.69, 9.17) is 0 Å². The van der Waals surface area contributed by atoms with Gasteiger partial charge in [0.15, 0.2) is 5.69 Å². The van der Waals surface area contributed by atoms with Gasteiger partial charge in [-0.2, -0.15) is 0 Å². The van der Waals surface area contributed by atoms with Gasteiger partial charge in [-0.05, 0) is 28.6 Å². The fraction of sp³-hybridized carbons (Fsp3) is 0.150. The molecule has 0 saturated heterocycles. The Labute approximate surface area is 170 Å². The Balaban J connectivity index is 1.81. The van der Waals surface area contributed by atoms with Crippen molar-refractivity contribution < 1.29 is 19.8 Å². The zero-order valence-corrected chi connectivity index (χ0v) is 16.3. The van der Waals surface area contributed by atoms with E-state index in [1.165, 1.54) is 35.2 Å². The first kappa shape index (κ1) is 20.2. The molecule has 9 heteroatoms. The lowest BCUT2D eigenvalue weighted by molar-refractivity contribution is -0.137. The maximum absolute atomic E-state index is 12.4. The maximum atomic E-state index is 12.4. The van der Waals surface area contributed by atoms with Crippen molar-refractivity contribution >= 4 is 29.0 Å². The highest BCUT2D eigenvalue weighted by Gasteiger charge is 2.21. The Morgan fingerprint density at radius 3 is 2.59 bits per heavy atom. The third kappa shape index (κ3) is 4.82. The molecule has 2 amide bonds. The molecule has 0 bridgehead atoms. The standard InChI is InChI=1S/C20H19N3O5S/c1-23-8-7-15(24)18(19(23)27)22-20(28)21-14(10-17(25)26)16-9-13(11-29-16)12-5-3-2-4-6-12/h2-9,11,14,24H,10H2,1H3,(H,25,26)(H2,21,22,28). The monoisotopic (exact) mass is 413 g/mol. The highest BCUT2D eigenvalue weighted by atomic mass is 32.1. The highest BCUT2D eigenvalue weighted by molar-refractivity contribution is 7.10. The van der Waals surface area contributed by atoms with E-state index >= 15 is 0 Å². The summed E-state index contributed by atoms with van der Waals surface area (Å²) in [7, 11) is 1.48. The summed E-state index contributed by atoms with van der Waals surface area (Å²) >= 11 is 1.33.